The fourth-order valence-corrected chi connectivity index (χ4v) is 7.36. The summed E-state index contributed by atoms with van der Waals surface area (Å²) in [4.78, 5) is 0. The minimum atomic E-state index is 0.337. The van der Waals surface area contributed by atoms with Gasteiger partial charge in [-0.3, -0.25) is 0 Å². The molecule has 0 aliphatic rings. The van der Waals surface area contributed by atoms with Crippen molar-refractivity contribution >= 4 is 44.9 Å². The molecule has 104 valence electrons. The summed E-state index contributed by atoms with van der Waals surface area (Å²) >= 11 is 0.674. The van der Waals surface area contributed by atoms with Crippen LogP contribution in [0.1, 0.15) is 5.76 Å². The van der Waals surface area contributed by atoms with Crippen LogP contribution < -0.4 is 8.92 Å². The van der Waals surface area contributed by atoms with Crippen LogP contribution in [0.2, 0.25) is 0 Å². The second-order valence-corrected chi connectivity index (χ2v) is 10.3. The van der Waals surface area contributed by atoms with Gasteiger partial charge >= 0.3 is 138 Å². The van der Waals surface area contributed by atoms with Gasteiger partial charge in [0.05, 0.1) is 0 Å². The molecule has 1 aromatic heterocycles. The molecule has 0 atom stereocenters. The zero-order chi connectivity index (χ0) is 14.3. The van der Waals surface area contributed by atoms with Crippen molar-refractivity contribution in [1.29, 1.82) is 0 Å². The molecule has 2 aromatic carbocycles. The van der Waals surface area contributed by atoms with Gasteiger partial charge in [-0.15, -0.1) is 0 Å². The van der Waals surface area contributed by atoms with Crippen LogP contribution >= 0.6 is 0 Å². The Morgan fingerprint density at radius 2 is 1.29 bits per heavy atom. The van der Waals surface area contributed by atoms with Crippen molar-refractivity contribution < 1.29 is 4.42 Å². The van der Waals surface area contributed by atoms with Crippen LogP contribution in [-0.2, 0) is 0 Å². The van der Waals surface area contributed by atoms with Crippen molar-refractivity contribution in [2.24, 2.45) is 0 Å². The second kappa shape index (κ2) is 7.49. The third kappa shape index (κ3) is 4.49. The summed E-state index contributed by atoms with van der Waals surface area (Å²) < 4.78 is 9.76. The molecule has 0 unspecified atom stereocenters. The van der Waals surface area contributed by atoms with E-state index < -0.39 is 0 Å². The summed E-state index contributed by atoms with van der Waals surface area (Å²) in [7, 11) is 0. The molecule has 3 rings (SSSR count). The van der Waals surface area contributed by atoms with Gasteiger partial charge in [-0.1, -0.05) is 0 Å². The number of hydrogen-bond donors (Lipinski definition) is 0. The molecule has 0 fully saturated rings. The van der Waals surface area contributed by atoms with Crippen LogP contribution in [0.25, 0.3) is 6.08 Å². The number of benzene rings is 2. The quantitative estimate of drug-likeness (QED) is 0.597. The first-order valence-corrected chi connectivity index (χ1v) is 10.0. The first kappa shape index (κ1) is 14.4. The summed E-state index contributed by atoms with van der Waals surface area (Å²) in [5.74, 6) is 0.945. The first-order chi connectivity index (χ1) is 10.4. The van der Waals surface area contributed by atoms with Crippen LogP contribution in [0.4, 0.5) is 0 Å². The normalized spacial score (nSPS) is 10.3. The molecule has 0 amide bonds. The molecule has 0 aliphatic heterocycles. The minimum absolute atomic E-state index is 0.337. The molecular formula is C18H14OSe2. The predicted molar refractivity (Wildman–Crippen MR) is 90.3 cm³/mol. The van der Waals surface area contributed by atoms with E-state index in [-0.39, 0.29) is 0 Å². The van der Waals surface area contributed by atoms with E-state index >= 15 is 0 Å². The van der Waals surface area contributed by atoms with Gasteiger partial charge in [0, 0.05) is 0 Å². The maximum atomic E-state index is 5.48. The SMILES string of the molecule is C(=C([Se]c1ccccc1)[Se]c1ccccc1)c1ccco1. The Bertz CT molecular complexity index is 645. The van der Waals surface area contributed by atoms with Gasteiger partial charge in [0.15, 0.2) is 0 Å². The van der Waals surface area contributed by atoms with E-state index in [1.54, 1.807) is 6.26 Å². The van der Waals surface area contributed by atoms with E-state index in [1.807, 2.05) is 12.1 Å². The Morgan fingerprint density at radius 1 is 0.714 bits per heavy atom. The van der Waals surface area contributed by atoms with E-state index in [0.717, 1.165) is 5.76 Å². The molecular weight excluding hydrogens is 390 g/mol. The molecule has 0 saturated carbocycles. The zero-order valence-electron chi connectivity index (χ0n) is 11.3. The Balaban J connectivity index is 1.84. The molecule has 3 aromatic rings. The number of hydrogen-bond acceptors (Lipinski definition) is 1. The van der Waals surface area contributed by atoms with Crippen molar-refractivity contribution in [3.63, 3.8) is 0 Å². The monoisotopic (exact) mass is 406 g/mol. The zero-order valence-corrected chi connectivity index (χ0v) is 14.7. The van der Waals surface area contributed by atoms with Crippen molar-refractivity contribution in [3.8, 4) is 0 Å². The average molecular weight is 404 g/mol. The van der Waals surface area contributed by atoms with Crippen LogP contribution in [0.5, 0.6) is 0 Å². The molecule has 21 heavy (non-hydrogen) atoms. The topological polar surface area (TPSA) is 13.1 Å². The third-order valence-corrected chi connectivity index (χ3v) is 8.01. The summed E-state index contributed by atoms with van der Waals surface area (Å²) in [5.41, 5.74) is 0. The summed E-state index contributed by atoms with van der Waals surface area (Å²) in [6.07, 6.45) is 3.94. The molecule has 0 N–H and O–H groups in total. The van der Waals surface area contributed by atoms with Crippen LogP contribution in [0, 0.1) is 0 Å². The average Bonchev–Trinajstić information content (AvgIpc) is 3.02. The second-order valence-electron chi connectivity index (χ2n) is 4.31. The summed E-state index contributed by atoms with van der Waals surface area (Å²) in [6, 6.07) is 25.3. The Labute approximate surface area is 137 Å². The van der Waals surface area contributed by atoms with Gasteiger partial charge < -0.3 is 0 Å². The molecule has 1 heterocycles. The predicted octanol–water partition coefficient (Wildman–Crippen LogP) is 2.64. The van der Waals surface area contributed by atoms with Gasteiger partial charge in [-0.05, 0) is 0 Å². The molecule has 3 heteroatoms. The van der Waals surface area contributed by atoms with Crippen LogP contribution in [-0.4, -0.2) is 29.9 Å². The Hall–Kier alpha value is -1.50. The molecule has 0 bridgehead atoms. The number of furan rings is 1. The van der Waals surface area contributed by atoms with Crippen molar-refractivity contribution in [2.75, 3.05) is 0 Å². The molecule has 0 spiro atoms. The number of rotatable bonds is 5. The van der Waals surface area contributed by atoms with Crippen molar-refractivity contribution in [1.82, 2.24) is 0 Å². The molecule has 0 aliphatic carbocycles. The Morgan fingerprint density at radius 3 is 1.76 bits per heavy atom. The van der Waals surface area contributed by atoms with Gasteiger partial charge in [0.1, 0.15) is 0 Å². The molecule has 1 nitrogen and oxygen atoms in total. The van der Waals surface area contributed by atoms with Gasteiger partial charge in [0.2, 0.25) is 0 Å². The fraction of sp³-hybridized carbons (Fsp3) is 0. The Kier molecular flexibility index (Phi) is 5.15. The summed E-state index contributed by atoms with van der Waals surface area (Å²) in [5, 5.41) is 0. The van der Waals surface area contributed by atoms with Crippen LogP contribution in [0.15, 0.2) is 86.8 Å². The van der Waals surface area contributed by atoms with E-state index in [4.69, 9.17) is 4.42 Å². The molecule has 0 saturated heterocycles. The van der Waals surface area contributed by atoms with E-state index in [2.05, 4.69) is 66.7 Å². The van der Waals surface area contributed by atoms with Gasteiger partial charge in [-0.25, -0.2) is 0 Å². The standard InChI is InChI=1S/C18H14OSe2/c1-3-9-16(10-4-1)20-18(14-15-8-7-13-19-15)21-17-11-5-2-6-12-17/h1-14H. The van der Waals surface area contributed by atoms with Gasteiger partial charge in [0.25, 0.3) is 0 Å². The van der Waals surface area contributed by atoms with Gasteiger partial charge in [-0.2, -0.15) is 0 Å². The first-order valence-electron chi connectivity index (χ1n) is 6.61. The van der Waals surface area contributed by atoms with E-state index in [9.17, 15) is 0 Å². The van der Waals surface area contributed by atoms with E-state index in [1.165, 1.54) is 12.3 Å². The summed E-state index contributed by atoms with van der Waals surface area (Å²) in [6.45, 7) is 0. The van der Waals surface area contributed by atoms with E-state index in [0.29, 0.717) is 29.9 Å². The third-order valence-electron chi connectivity index (χ3n) is 2.73. The fourth-order valence-electron chi connectivity index (χ4n) is 1.78. The van der Waals surface area contributed by atoms with Crippen LogP contribution in [0.3, 0.4) is 0 Å². The van der Waals surface area contributed by atoms with Crippen molar-refractivity contribution in [2.45, 2.75) is 0 Å². The van der Waals surface area contributed by atoms with Crippen molar-refractivity contribution in [3.05, 3.63) is 88.2 Å². The maximum absolute atomic E-state index is 5.48. The molecule has 0 radical (unpaired) electrons.